The van der Waals surface area contributed by atoms with E-state index in [9.17, 15) is 14.4 Å². The van der Waals surface area contributed by atoms with Gasteiger partial charge in [0.1, 0.15) is 13.2 Å². The maximum atomic E-state index is 12.9. The summed E-state index contributed by atoms with van der Waals surface area (Å²) in [4.78, 5) is 38.1. The number of esters is 3. The first-order chi connectivity index (χ1) is 36.0. The van der Waals surface area contributed by atoms with Gasteiger partial charge in [0.2, 0.25) is 0 Å². The zero-order valence-corrected chi connectivity index (χ0v) is 46.1. The van der Waals surface area contributed by atoms with Gasteiger partial charge < -0.3 is 14.2 Å². The van der Waals surface area contributed by atoms with Gasteiger partial charge in [-0.15, -0.1) is 0 Å². The summed E-state index contributed by atoms with van der Waals surface area (Å²) in [6, 6.07) is 0. The number of rotatable bonds is 48. The van der Waals surface area contributed by atoms with Gasteiger partial charge >= 0.3 is 17.9 Å². The van der Waals surface area contributed by atoms with Crippen molar-refractivity contribution in [3.8, 4) is 0 Å². The average Bonchev–Trinajstić information content (AvgIpc) is 3.39. The highest BCUT2D eigenvalue weighted by Crippen LogP contribution is 2.10. The van der Waals surface area contributed by atoms with Gasteiger partial charge in [0.15, 0.2) is 6.10 Å². The Balaban J connectivity index is 4.70. The van der Waals surface area contributed by atoms with Gasteiger partial charge in [-0.3, -0.25) is 14.4 Å². The molecule has 0 aliphatic rings. The maximum absolute atomic E-state index is 12.9. The molecule has 73 heavy (non-hydrogen) atoms. The SMILES string of the molecule is CC/C=C/C/C=C/C/C=C/C/C=C/C/C=C/C/C=C/CCC(=O)OC[C@@H](COC(=O)CCC/C=C/C/C=C/C/C=C/C/C=C/CCCCC)OC(=O)CCCCC/C=C/C/C=C/C/C=C/C/C=C/C/C=C/CC. The molecular weight excluding hydrogens is 901 g/mol. The van der Waals surface area contributed by atoms with E-state index in [0.717, 1.165) is 116 Å². The molecule has 6 nitrogen and oxygen atoms in total. The number of unbranched alkanes of at least 4 members (excludes halogenated alkanes) is 7. The van der Waals surface area contributed by atoms with Crippen LogP contribution in [0.1, 0.15) is 201 Å². The Morgan fingerprint density at radius 1 is 0.288 bits per heavy atom. The molecule has 6 heteroatoms. The molecule has 0 saturated heterocycles. The van der Waals surface area contributed by atoms with E-state index in [1.165, 1.54) is 25.7 Å². The van der Waals surface area contributed by atoms with Gasteiger partial charge in [-0.2, -0.15) is 0 Å². The van der Waals surface area contributed by atoms with Crippen molar-refractivity contribution in [3.05, 3.63) is 182 Å². The Kier molecular flexibility index (Phi) is 54.6. The van der Waals surface area contributed by atoms with Crippen LogP contribution < -0.4 is 0 Å². The molecule has 0 aromatic carbocycles. The van der Waals surface area contributed by atoms with Gasteiger partial charge in [-0.25, -0.2) is 0 Å². The van der Waals surface area contributed by atoms with E-state index in [-0.39, 0.29) is 50.4 Å². The zero-order valence-electron chi connectivity index (χ0n) is 46.1. The average molecular weight is 1000 g/mol. The van der Waals surface area contributed by atoms with Crippen molar-refractivity contribution in [1.82, 2.24) is 0 Å². The van der Waals surface area contributed by atoms with Crippen molar-refractivity contribution in [2.24, 2.45) is 0 Å². The van der Waals surface area contributed by atoms with Gasteiger partial charge in [0.25, 0.3) is 0 Å². The van der Waals surface area contributed by atoms with Crippen molar-refractivity contribution in [2.75, 3.05) is 13.2 Å². The van der Waals surface area contributed by atoms with Crippen molar-refractivity contribution in [1.29, 1.82) is 0 Å². The highest BCUT2D eigenvalue weighted by Gasteiger charge is 2.19. The molecule has 0 saturated carbocycles. The topological polar surface area (TPSA) is 78.9 Å². The Bertz CT molecular complexity index is 1770. The molecular formula is C67H100O6. The lowest BCUT2D eigenvalue weighted by Crippen LogP contribution is -2.30. The number of hydrogen-bond acceptors (Lipinski definition) is 6. The second-order valence-electron chi connectivity index (χ2n) is 17.7. The van der Waals surface area contributed by atoms with Crippen LogP contribution in [-0.2, 0) is 28.6 Å². The summed E-state index contributed by atoms with van der Waals surface area (Å²) in [6.45, 7) is 6.21. The van der Waals surface area contributed by atoms with Crippen LogP contribution >= 0.6 is 0 Å². The summed E-state index contributed by atoms with van der Waals surface area (Å²) in [6.07, 6.45) is 88.9. The van der Waals surface area contributed by atoms with E-state index in [1.54, 1.807) is 0 Å². The van der Waals surface area contributed by atoms with Gasteiger partial charge in [-0.05, 0) is 141 Å². The first-order valence-corrected chi connectivity index (χ1v) is 28.3. The summed E-state index contributed by atoms with van der Waals surface area (Å²) >= 11 is 0. The lowest BCUT2D eigenvalue weighted by Gasteiger charge is -2.18. The Hall–Kier alpha value is -5.49. The van der Waals surface area contributed by atoms with E-state index >= 15 is 0 Å². The molecule has 0 amide bonds. The molecule has 404 valence electrons. The third-order valence-corrected chi connectivity index (χ3v) is 10.9. The number of ether oxygens (including phenoxy) is 3. The highest BCUT2D eigenvalue weighted by atomic mass is 16.6. The standard InChI is InChI=1S/C67H100O6/c1-4-7-10-13-16-19-22-25-28-31-33-36-39-42-45-48-51-54-57-60-66(69)72-63-64(62-71-65(68)59-56-53-50-47-44-41-38-35-30-27-24-21-18-15-12-9-6-3)73-67(70)61-58-55-52-49-46-43-40-37-34-32-29-26-23-20-17-14-11-8-5-2/h7-8,10-11,16-21,25-30,33-34,36-38,41-43,45-47,50-51,54,64H,4-6,9,12-15,22-24,31-32,35,39-40,44,48-49,52-53,55-63H2,1-3H3/b10-7+,11-8+,19-16+,20-17+,21-18+,28-25+,29-26+,30-27+,36-33+,37-34+,41-38+,45-42+,46-43+,50-47+,54-51+/t64-/m1/s1. The first-order valence-electron chi connectivity index (χ1n) is 28.3. The molecule has 0 rings (SSSR count). The van der Waals surface area contributed by atoms with E-state index in [0.29, 0.717) is 19.3 Å². The number of carbonyl (C=O) groups excluding carboxylic acids is 3. The van der Waals surface area contributed by atoms with Crippen LogP contribution in [-0.4, -0.2) is 37.2 Å². The van der Waals surface area contributed by atoms with Crippen LogP contribution in [0.25, 0.3) is 0 Å². The fraction of sp³-hybridized carbons (Fsp3) is 0.507. The zero-order chi connectivity index (χ0) is 52.9. The molecule has 0 radical (unpaired) electrons. The number of carbonyl (C=O) groups is 3. The molecule has 0 unspecified atom stereocenters. The molecule has 0 spiro atoms. The number of allylic oxidation sites excluding steroid dienone is 30. The maximum Gasteiger partial charge on any atom is 0.306 e. The van der Waals surface area contributed by atoms with Crippen LogP contribution in [0.5, 0.6) is 0 Å². The second-order valence-corrected chi connectivity index (χ2v) is 17.7. The normalized spacial score (nSPS) is 13.5. The summed E-state index contributed by atoms with van der Waals surface area (Å²) < 4.78 is 16.7. The third kappa shape index (κ3) is 57.3. The third-order valence-electron chi connectivity index (χ3n) is 10.9. The van der Waals surface area contributed by atoms with Crippen molar-refractivity contribution >= 4 is 17.9 Å². The molecule has 0 N–H and O–H groups in total. The van der Waals surface area contributed by atoms with Crippen LogP contribution in [0.3, 0.4) is 0 Å². The summed E-state index contributed by atoms with van der Waals surface area (Å²) in [5.41, 5.74) is 0. The van der Waals surface area contributed by atoms with Crippen LogP contribution in [0, 0.1) is 0 Å². The molecule has 0 aromatic heterocycles. The summed E-state index contributed by atoms with van der Waals surface area (Å²) in [5, 5.41) is 0. The molecule has 0 aliphatic carbocycles. The Labute approximate surface area is 446 Å². The van der Waals surface area contributed by atoms with E-state index in [1.807, 2.05) is 12.2 Å². The van der Waals surface area contributed by atoms with E-state index in [2.05, 4.69) is 191 Å². The molecule has 0 aromatic rings. The summed E-state index contributed by atoms with van der Waals surface area (Å²) in [5.74, 6) is -1.14. The van der Waals surface area contributed by atoms with Crippen LogP contribution in [0.4, 0.5) is 0 Å². The minimum Gasteiger partial charge on any atom is -0.462 e. The predicted octanol–water partition coefficient (Wildman–Crippen LogP) is 19.3. The predicted molar refractivity (Wildman–Crippen MR) is 315 cm³/mol. The Morgan fingerprint density at radius 2 is 0.575 bits per heavy atom. The number of hydrogen-bond donors (Lipinski definition) is 0. The second kappa shape index (κ2) is 59.1. The van der Waals surface area contributed by atoms with Crippen molar-refractivity contribution in [3.63, 3.8) is 0 Å². The minimum absolute atomic E-state index is 0.153. The van der Waals surface area contributed by atoms with E-state index < -0.39 is 6.10 Å². The van der Waals surface area contributed by atoms with Gasteiger partial charge in [0, 0.05) is 19.3 Å². The lowest BCUT2D eigenvalue weighted by atomic mass is 10.1. The fourth-order valence-corrected chi connectivity index (χ4v) is 6.72. The molecule has 0 bridgehead atoms. The molecule has 0 aliphatic heterocycles. The van der Waals surface area contributed by atoms with Crippen molar-refractivity contribution in [2.45, 2.75) is 207 Å². The molecule has 0 heterocycles. The quantitative estimate of drug-likeness (QED) is 0.0262. The van der Waals surface area contributed by atoms with E-state index in [4.69, 9.17) is 14.2 Å². The highest BCUT2D eigenvalue weighted by molar-refractivity contribution is 5.71. The smallest absolute Gasteiger partial charge is 0.306 e. The molecule has 0 fully saturated rings. The summed E-state index contributed by atoms with van der Waals surface area (Å²) in [7, 11) is 0. The van der Waals surface area contributed by atoms with Gasteiger partial charge in [0.05, 0.1) is 0 Å². The lowest BCUT2D eigenvalue weighted by molar-refractivity contribution is -0.166. The monoisotopic (exact) mass is 1000 g/mol. The largest absolute Gasteiger partial charge is 0.462 e. The first kappa shape index (κ1) is 67.5. The molecule has 1 atom stereocenters. The van der Waals surface area contributed by atoms with Crippen molar-refractivity contribution < 1.29 is 28.6 Å². The Morgan fingerprint density at radius 3 is 0.932 bits per heavy atom. The van der Waals surface area contributed by atoms with Gasteiger partial charge in [-0.1, -0.05) is 222 Å². The van der Waals surface area contributed by atoms with Crippen LogP contribution in [0.2, 0.25) is 0 Å². The fourth-order valence-electron chi connectivity index (χ4n) is 6.72. The van der Waals surface area contributed by atoms with Crippen LogP contribution in [0.15, 0.2) is 182 Å². The minimum atomic E-state index is -0.860.